The van der Waals surface area contributed by atoms with Gasteiger partial charge in [-0.2, -0.15) is 9.97 Å². The molecular weight excluding hydrogens is 434 g/mol. The summed E-state index contributed by atoms with van der Waals surface area (Å²) in [7, 11) is 0. The quantitative estimate of drug-likeness (QED) is 0.701. The predicted molar refractivity (Wildman–Crippen MR) is 117 cm³/mol. The predicted octanol–water partition coefficient (Wildman–Crippen LogP) is 3.89. The van der Waals surface area contributed by atoms with Crippen molar-refractivity contribution in [2.24, 2.45) is 5.41 Å². The van der Waals surface area contributed by atoms with Crippen LogP contribution in [0.2, 0.25) is 0 Å². The van der Waals surface area contributed by atoms with Gasteiger partial charge < -0.3 is 19.5 Å². The summed E-state index contributed by atoms with van der Waals surface area (Å²) in [5.74, 6) is -2.26. The molecule has 1 N–H and O–H groups in total. The molecule has 0 unspecified atom stereocenters. The molecule has 1 aliphatic carbocycles. The molecule has 0 aromatic carbocycles. The fourth-order valence-corrected chi connectivity index (χ4v) is 4.52. The summed E-state index contributed by atoms with van der Waals surface area (Å²) in [4.78, 5) is 25.6. The SMILES string of the molecule is C[C@@H]1CCCCCN1c1nc(OC[C@]2(CO)CC2(F)F)nc2c1CN(C(=O)OC(C)(C)C)C2. The van der Waals surface area contributed by atoms with Crippen LogP contribution in [0.3, 0.4) is 0 Å². The lowest BCUT2D eigenvalue weighted by atomic mass is 10.1. The minimum Gasteiger partial charge on any atom is -0.462 e. The number of aliphatic hydroxyl groups excluding tert-OH is 1. The van der Waals surface area contributed by atoms with E-state index in [0.29, 0.717) is 18.1 Å². The lowest BCUT2D eigenvalue weighted by Gasteiger charge is -2.30. The first kappa shape index (κ1) is 23.9. The highest BCUT2D eigenvalue weighted by Gasteiger charge is 2.71. The van der Waals surface area contributed by atoms with Crippen molar-refractivity contribution >= 4 is 11.9 Å². The number of nitrogens with zero attached hydrogens (tertiary/aromatic N) is 4. The van der Waals surface area contributed by atoms with Gasteiger partial charge in [-0.3, -0.25) is 4.90 Å². The van der Waals surface area contributed by atoms with E-state index in [0.717, 1.165) is 37.8 Å². The van der Waals surface area contributed by atoms with Crippen LogP contribution in [0.4, 0.5) is 19.4 Å². The second-order valence-corrected chi connectivity index (χ2v) is 10.6. The molecule has 2 atom stereocenters. The van der Waals surface area contributed by atoms with Crippen LogP contribution in [0.25, 0.3) is 0 Å². The zero-order chi connectivity index (χ0) is 24.0. The number of carbonyl (C=O) groups excluding carboxylic acids is 1. The Kier molecular flexibility index (Phi) is 6.18. The highest BCUT2D eigenvalue weighted by atomic mass is 19.3. The van der Waals surface area contributed by atoms with Crippen molar-refractivity contribution in [2.45, 2.75) is 90.5 Å². The molecule has 8 nitrogen and oxygen atoms in total. The monoisotopic (exact) mass is 468 g/mol. The van der Waals surface area contributed by atoms with Crippen LogP contribution >= 0.6 is 0 Å². The molecule has 10 heteroatoms. The second-order valence-electron chi connectivity index (χ2n) is 10.6. The molecule has 33 heavy (non-hydrogen) atoms. The molecule has 3 heterocycles. The van der Waals surface area contributed by atoms with Gasteiger partial charge in [-0.05, 0) is 40.5 Å². The Hall–Kier alpha value is -2.23. The van der Waals surface area contributed by atoms with Crippen molar-refractivity contribution in [2.75, 3.05) is 24.7 Å². The normalized spacial score (nSPS) is 26.6. The maximum absolute atomic E-state index is 13.8. The van der Waals surface area contributed by atoms with Crippen molar-refractivity contribution in [1.82, 2.24) is 14.9 Å². The van der Waals surface area contributed by atoms with Crippen molar-refractivity contribution < 1.29 is 28.2 Å². The fraction of sp³-hybridized carbons (Fsp3) is 0.783. The first-order valence-corrected chi connectivity index (χ1v) is 11.7. The first-order chi connectivity index (χ1) is 15.4. The van der Waals surface area contributed by atoms with Gasteiger partial charge in [0.2, 0.25) is 0 Å². The van der Waals surface area contributed by atoms with Crippen molar-refractivity contribution in [1.29, 1.82) is 0 Å². The molecule has 1 saturated heterocycles. The molecule has 1 aromatic rings. The number of halogens is 2. The van der Waals surface area contributed by atoms with Gasteiger partial charge in [0.15, 0.2) is 0 Å². The molecule has 2 fully saturated rings. The molecule has 2 aliphatic heterocycles. The zero-order valence-electron chi connectivity index (χ0n) is 19.9. The first-order valence-electron chi connectivity index (χ1n) is 11.7. The average Bonchev–Trinajstić information content (AvgIpc) is 3.12. The third-order valence-corrected chi connectivity index (χ3v) is 6.71. The average molecular weight is 469 g/mol. The highest BCUT2D eigenvalue weighted by Crippen LogP contribution is 2.60. The van der Waals surface area contributed by atoms with E-state index in [1.54, 1.807) is 4.90 Å². The lowest BCUT2D eigenvalue weighted by Crippen LogP contribution is -2.35. The Bertz CT molecular complexity index is 907. The van der Waals surface area contributed by atoms with E-state index in [4.69, 9.17) is 9.47 Å². The number of ether oxygens (including phenoxy) is 2. The lowest BCUT2D eigenvalue weighted by molar-refractivity contribution is 0.0123. The number of fused-ring (bicyclic) bond motifs is 1. The Morgan fingerprint density at radius 1 is 1.21 bits per heavy atom. The van der Waals surface area contributed by atoms with Gasteiger partial charge in [-0.1, -0.05) is 12.8 Å². The maximum atomic E-state index is 13.8. The molecule has 0 radical (unpaired) electrons. The van der Waals surface area contributed by atoms with E-state index in [1.807, 2.05) is 20.8 Å². The summed E-state index contributed by atoms with van der Waals surface area (Å²) < 4.78 is 38.7. The molecule has 184 valence electrons. The van der Waals surface area contributed by atoms with Crippen molar-refractivity contribution in [3.8, 4) is 6.01 Å². The van der Waals surface area contributed by atoms with Gasteiger partial charge in [0.05, 0.1) is 30.8 Å². The Morgan fingerprint density at radius 2 is 1.94 bits per heavy atom. The van der Waals surface area contributed by atoms with Crippen molar-refractivity contribution in [3.05, 3.63) is 11.3 Å². The van der Waals surface area contributed by atoms with E-state index in [-0.39, 0.29) is 25.2 Å². The third-order valence-electron chi connectivity index (χ3n) is 6.71. The molecular formula is C23H34F2N4O4. The fourth-order valence-electron chi connectivity index (χ4n) is 4.52. The smallest absolute Gasteiger partial charge is 0.410 e. The summed E-state index contributed by atoms with van der Waals surface area (Å²) in [6, 6.07) is 0.244. The topological polar surface area (TPSA) is 88.0 Å². The third kappa shape index (κ3) is 4.85. The van der Waals surface area contributed by atoms with E-state index < -0.39 is 36.1 Å². The largest absolute Gasteiger partial charge is 0.462 e. The number of hydrogen-bond acceptors (Lipinski definition) is 7. The van der Waals surface area contributed by atoms with Crippen LogP contribution in [-0.4, -0.2) is 63.4 Å². The van der Waals surface area contributed by atoms with Gasteiger partial charge in [0.1, 0.15) is 18.0 Å². The van der Waals surface area contributed by atoms with Gasteiger partial charge in [-0.15, -0.1) is 0 Å². The number of amides is 1. The molecule has 1 amide bonds. The van der Waals surface area contributed by atoms with Crippen LogP contribution in [0, 0.1) is 5.41 Å². The molecule has 1 aromatic heterocycles. The number of rotatable bonds is 5. The number of alkyl halides is 2. The van der Waals surface area contributed by atoms with Gasteiger partial charge in [0, 0.05) is 24.6 Å². The number of carbonyl (C=O) groups is 1. The molecule has 1 saturated carbocycles. The van der Waals surface area contributed by atoms with Crippen molar-refractivity contribution in [3.63, 3.8) is 0 Å². The zero-order valence-corrected chi connectivity index (χ0v) is 19.9. The number of hydrogen-bond donors (Lipinski definition) is 1. The standard InChI is InChI=1S/C23H34F2N4O4/c1-15-8-6-5-7-9-29(15)18-16-10-28(20(31)33-21(2,3)4)11-17(16)26-19(27-18)32-14-22(13-30)12-23(22,24)25/h15,30H,5-14H2,1-4H3/t15-,22-/m1/s1. The van der Waals surface area contributed by atoms with E-state index in [2.05, 4.69) is 21.8 Å². The van der Waals surface area contributed by atoms with Gasteiger partial charge >= 0.3 is 12.1 Å². The highest BCUT2D eigenvalue weighted by molar-refractivity contribution is 5.70. The molecule has 4 rings (SSSR count). The van der Waals surface area contributed by atoms with E-state index in [1.165, 1.54) is 0 Å². The minimum absolute atomic E-state index is 0.00163. The second kappa shape index (κ2) is 8.52. The van der Waals surface area contributed by atoms with Crippen LogP contribution in [0.5, 0.6) is 6.01 Å². The number of aliphatic hydroxyl groups is 1. The molecule has 3 aliphatic rings. The molecule has 0 bridgehead atoms. The summed E-state index contributed by atoms with van der Waals surface area (Å²) in [6.07, 6.45) is 3.46. The molecule has 0 spiro atoms. The summed E-state index contributed by atoms with van der Waals surface area (Å²) in [5, 5.41) is 9.47. The Labute approximate surface area is 193 Å². The van der Waals surface area contributed by atoms with E-state index >= 15 is 0 Å². The Morgan fingerprint density at radius 3 is 2.58 bits per heavy atom. The van der Waals surface area contributed by atoms with Crippen LogP contribution in [0.1, 0.15) is 71.1 Å². The van der Waals surface area contributed by atoms with Crippen LogP contribution < -0.4 is 9.64 Å². The maximum Gasteiger partial charge on any atom is 0.410 e. The minimum atomic E-state index is -2.95. The van der Waals surface area contributed by atoms with E-state index in [9.17, 15) is 18.7 Å². The number of anilines is 1. The number of aromatic nitrogens is 2. The van der Waals surface area contributed by atoms with Crippen LogP contribution in [0.15, 0.2) is 0 Å². The summed E-state index contributed by atoms with van der Waals surface area (Å²) in [5.41, 5.74) is -0.718. The van der Waals surface area contributed by atoms with Gasteiger partial charge in [0.25, 0.3) is 5.92 Å². The summed E-state index contributed by atoms with van der Waals surface area (Å²) in [6.45, 7) is 7.94. The van der Waals surface area contributed by atoms with Crippen LogP contribution in [-0.2, 0) is 17.8 Å². The summed E-state index contributed by atoms with van der Waals surface area (Å²) >= 11 is 0. The van der Waals surface area contributed by atoms with Gasteiger partial charge in [-0.25, -0.2) is 13.6 Å². The Balaban J connectivity index is 1.61.